The van der Waals surface area contributed by atoms with E-state index in [-0.39, 0.29) is 20.5 Å². The summed E-state index contributed by atoms with van der Waals surface area (Å²) in [7, 11) is -0.104. The Balaban J connectivity index is 2.05. The lowest BCUT2D eigenvalue weighted by Crippen LogP contribution is -2.42. The number of nitrogens with zero attached hydrogens (tertiary/aromatic N) is 3. The average Bonchev–Trinajstić information content (AvgIpc) is 2.85. The van der Waals surface area contributed by atoms with Crippen LogP contribution in [0.5, 0.6) is 0 Å². The number of halogens is 1. The van der Waals surface area contributed by atoms with Gasteiger partial charge in [0.05, 0.1) is 6.20 Å². The zero-order valence-electron chi connectivity index (χ0n) is 11.2. The van der Waals surface area contributed by atoms with Gasteiger partial charge >= 0.3 is 0 Å². The predicted octanol–water partition coefficient (Wildman–Crippen LogP) is 1.29. The normalized spacial score (nSPS) is 18.1. The molecule has 9 heteroatoms. The Labute approximate surface area is 127 Å². The summed E-state index contributed by atoms with van der Waals surface area (Å²) in [5, 5.41) is 0. The predicted molar refractivity (Wildman–Crippen MR) is 77.3 cm³/mol. The number of carbonyl (C=O) groups is 1. The van der Waals surface area contributed by atoms with Crippen LogP contribution in [0.3, 0.4) is 0 Å². The van der Waals surface area contributed by atoms with Crippen LogP contribution in [0.1, 0.15) is 12.8 Å². The Morgan fingerprint density at radius 1 is 1.45 bits per heavy atom. The van der Waals surface area contributed by atoms with Crippen molar-refractivity contribution in [1.82, 2.24) is 14.2 Å². The molecule has 1 aromatic rings. The molecule has 1 fully saturated rings. The molecule has 0 spiro atoms. The van der Waals surface area contributed by atoms with Crippen LogP contribution in [0.15, 0.2) is 10.4 Å². The molecular weight excluding hydrogens is 322 g/mol. The lowest BCUT2D eigenvalue weighted by atomic mass is 9.97. The third-order valence-corrected chi connectivity index (χ3v) is 6.74. The first-order valence-electron chi connectivity index (χ1n) is 6.15. The minimum Gasteiger partial charge on any atom is -0.349 e. The number of aromatic nitrogens is 1. The highest BCUT2D eigenvalue weighted by molar-refractivity contribution is 7.91. The van der Waals surface area contributed by atoms with Crippen molar-refractivity contribution in [2.24, 2.45) is 5.92 Å². The summed E-state index contributed by atoms with van der Waals surface area (Å²) in [4.78, 5) is 17.2. The van der Waals surface area contributed by atoms with Gasteiger partial charge in [-0.1, -0.05) is 22.9 Å². The summed E-state index contributed by atoms with van der Waals surface area (Å²) in [6.07, 6.45) is 2.37. The number of hydrogen-bond donors (Lipinski definition) is 0. The van der Waals surface area contributed by atoms with E-state index in [1.54, 1.807) is 19.0 Å². The maximum atomic E-state index is 12.4. The number of hydrogen-bond acceptors (Lipinski definition) is 5. The maximum Gasteiger partial charge on any atom is 0.254 e. The summed E-state index contributed by atoms with van der Waals surface area (Å²) in [6.45, 7) is 0.699. The molecule has 112 valence electrons. The fourth-order valence-corrected chi connectivity index (χ4v) is 5.11. The molecule has 1 saturated heterocycles. The van der Waals surface area contributed by atoms with Crippen molar-refractivity contribution in [3.05, 3.63) is 10.7 Å². The third kappa shape index (κ3) is 3.13. The van der Waals surface area contributed by atoms with Gasteiger partial charge in [-0.05, 0) is 12.8 Å². The standard InChI is InChI=1S/C11H16ClN3O3S2/c1-14(2)10(16)8-3-5-15(6-4-8)20(17,18)9-7-13-11(12)19-9/h7-8H,3-6H2,1-2H3. The highest BCUT2D eigenvalue weighted by Gasteiger charge is 2.33. The summed E-state index contributed by atoms with van der Waals surface area (Å²) in [6, 6.07) is 0. The Morgan fingerprint density at radius 2 is 2.05 bits per heavy atom. The Hall–Kier alpha value is -0.700. The van der Waals surface area contributed by atoms with Crippen LogP contribution in [-0.2, 0) is 14.8 Å². The molecule has 0 radical (unpaired) electrons. The number of sulfonamides is 1. The molecule has 1 aliphatic heterocycles. The molecule has 0 bridgehead atoms. The van der Waals surface area contributed by atoms with Gasteiger partial charge in [0.1, 0.15) is 0 Å². The molecule has 6 nitrogen and oxygen atoms in total. The monoisotopic (exact) mass is 337 g/mol. The number of carbonyl (C=O) groups excluding carboxylic acids is 1. The summed E-state index contributed by atoms with van der Waals surface area (Å²) < 4.78 is 26.5. The van der Waals surface area contributed by atoms with E-state index in [1.165, 1.54) is 10.5 Å². The zero-order chi connectivity index (χ0) is 14.9. The highest BCUT2D eigenvalue weighted by Crippen LogP contribution is 2.29. The van der Waals surface area contributed by atoms with Crippen LogP contribution in [0.25, 0.3) is 0 Å². The molecule has 0 aliphatic carbocycles. The maximum absolute atomic E-state index is 12.4. The molecule has 0 saturated carbocycles. The van der Waals surface area contributed by atoms with Crippen molar-refractivity contribution in [1.29, 1.82) is 0 Å². The van der Waals surface area contributed by atoms with Crippen molar-refractivity contribution in [2.45, 2.75) is 17.1 Å². The molecule has 2 rings (SSSR count). The van der Waals surface area contributed by atoms with Gasteiger partial charge in [0.25, 0.3) is 10.0 Å². The van der Waals surface area contributed by atoms with Gasteiger partial charge in [0.15, 0.2) is 8.68 Å². The van der Waals surface area contributed by atoms with Crippen molar-refractivity contribution in [3.8, 4) is 0 Å². The minimum absolute atomic E-state index is 0.0582. The smallest absolute Gasteiger partial charge is 0.254 e. The molecule has 2 heterocycles. The van der Waals surface area contributed by atoms with Crippen LogP contribution < -0.4 is 0 Å². The molecule has 0 aromatic carbocycles. The fraction of sp³-hybridized carbons (Fsp3) is 0.636. The van der Waals surface area contributed by atoms with E-state index in [2.05, 4.69) is 4.98 Å². The second-order valence-electron chi connectivity index (χ2n) is 4.84. The first kappa shape index (κ1) is 15.7. The van der Waals surface area contributed by atoms with Gasteiger partial charge in [-0.25, -0.2) is 13.4 Å². The van der Waals surface area contributed by atoms with Crippen LogP contribution >= 0.6 is 22.9 Å². The van der Waals surface area contributed by atoms with Crippen LogP contribution in [0.4, 0.5) is 0 Å². The lowest BCUT2D eigenvalue weighted by molar-refractivity contribution is -0.134. The number of amides is 1. The SMILES string of the molecule is CN(C)C(=O)C1CCN(S(=O)(=O)c2cnc(Cl)s2)CC1. The summed E-state index contributed by atoms with van der Waals surface area (Å²) in [5.41, 5.74) is 0. The zero-order valence-corrected chi connectivity index (χ0v) is 13.6. The van der Waals surface area contributed by atoms with Crippen molar-refractivity contribution in [2.75, 3.05) is 27.2 Å². The number of piperidine rings is 1. The molecule has 1 aliphatic rings. The van der Waals surface area contributed by atoms with E-state index < -0.39 is 10.0 Å². The van der Waals surface area contributed by atoms with E-state index in [4.69, 9.17) is 11.6 Å². The number of rotatable bonds is 3. The molecule has 0 unspecified atom stereocenters. The molecule has 0 N–H and O–H groups in total. The van der Waals surface area contributed by atoms with Crippen LogP contribution in [0.2, 0.25) is 4.47 Å². The van der Waals surface area contributed by atoms with E-state index in [9.17, 15) is 13.2 Å². The minimum atomic E-state index is -3.53. The van der Waals surface area contributed by atoms with Gasteiger partial charge in [-0.15, -0.1) is 0 Å². The molecule has 20 heavy (non-hydrogen) atoms. The topological polar surface area (TPSA) is 70.6 Å². The fourth-order valence-electron chi connectivity index (χ4n) is 2.19. The first-order valence-corrected chi connectivity index (χ1v) is 8.78. The van der Waals surface area contributed by atoms with Gasteiger partial charge in [0, 0.05) is 33.1 Å². The van der Waals surface area contributed by atoms with Gasteiger partial charge in [0.2, 0.25) is 5.91 Å². The Bertz CT molecular complexity index is 592. The number of thiazole rings is 1. The van der Waals surface area contributed by atoms with Gasteiger partial charge in [-0.2, -0.15) is 4.31 Å². The van der Waals surface area contributed by atoms with Crippen LogP contribution in [-0.4, -0.2) is 55.7 Å². The molecule has 0 atom stereocenters. The third-order valence-electron chi connectivity index (χ3n) is 3.29. The summed E-state index contributed by atoms with van der Waals surface area (Å²) in [5.74, 6) is -0.0376. The second-order valence-corrected chi connectivity index (χ2v) is 8.62. The van der Waals surface area contributed by atoms with Gasteiger partial charge in [-0.3, -0.25) is 4.79 Å². The second kappa shape index (κ2) is 5.97. The van der Waals surface area contributed by atoms with Crippen LogP contribution in [0, 0.1) is 5.92 Å². The van der Waals surface area contributed by atoms with E-state index >= 15 is 0 Å². The quantitative estimate of drug-likeness (QED) is 0.833. The van der Waals surface area contributed by atoms with E-state index in [0.717, 1.165) is 11.3 Å². The average molecular weight is 338 g/mol. The van der Waals surface area contributed by atoms with E-state index in [1.807, 2.05) is 0 Å². The van der Waals surface area contributed by atoms with E-state index in [0.29, 0.717) is 25.9 Å². The van der Waals surface area contributed by atoms with Gasteiger partial charge < -0.3 is 4.90 Å². The molecule has 1 amide bonds. The first-order chi connectivity index (χ1) is 9.32. The van der Waals surface area contributed by atoms with Crippen molar-refractivity contribution >= 4 is 38.9 Å². The van der Waals surface area contributed by atoms with Crippen molar-refractivity contribution in [3.63, 3.8) is 0 Å². The lowest BCUT2D eigenvalue weighted by Gasteiger charge is -2.31. The Kier molecular flexibility index (Phi) is 4.68. The Morgan fingerprint density at radius 3 is 2.50 bits per heavy atom. The highest BCUT2D eigenvalue weighted by atomic mass is 35.5. The van der Waals surface area contributed by atoms with Crippen molar-refractivity contribution < 1.29 is 13.2 Å². The molecule has 1 aromatic heterocycles. The molecular formula is C11H16ClN3O3S2. The summed E-state index contributed by atoms with van der Waals surface area (Å²) >= 11 is 6.63. The largest absolute Gasteiger partial charge is 0.349 e.